The van der Waals surface area contributed by atoms with Gasteiger partial charge in [-0.1, -0.05) is 26.0 Å². The molecule has 2 N–H and O–H groups in total. The van der Waals surface area contributed by atoms with Crippen LogP contribution < -0.4 is 19.5 Å². The number of carbonyl (C=O) groups excluding carboxylic acids is 1. The van der Waals surface area contributed by atoms with Gasteiger partial charge < -0.3 is 24.5 Å². The summed E-state index contributed by atoms with van der Waals surface area (Å²) in [7, 11) is 4.56. The minimum Gasteiger partial charge on any atom is -0.493 e. The minimum atomic E-state index is -0.279. The predicted molar refractivity (Wildman–Crippen MR) is 107 cm³/mol. The molecule has 28 heavy (non-hydrogen) atoms. The van der Waals surface area contributed by atoms with Crippen LogP contribution in [0.1, 0.15) is 36.1 Å². The van der Waals surface area contributed by atoms with Crippen molar-refractivity contribution in [2.75, 3.05) is 21.3 Å². The molecular weight excluding hydrogens is 358 g/mol. The maximum atomic E-state index is 13.0. The van der Waals surface area contributed by atoms with Gasteiger partial charge in [-0.15, -0.1) is 0 Å². The lowest BCUT2D eigenvalue weighted by molar-refractivity contribution is 0.0922. The Morgan fingerprint density at radius 3 is 2.21 bits per heavy atom. The second-order valence-electron chi connectivity index (χ2n) is 6.75. The Kier molecular flexibility index (Phi) is 5.73. The average molecular weight is 383 g/mol. The highest BCUT2D eigenvalue weighted by atomic mass is 16.5. The van der Waals surface area contributed by atoms with E-state index in [1.807, 2.05) is 38.1 Å². The summed E-state index contributed by atoms with van der Waals surface area (Å²) in [4.78, 5) is 20.9. The van der Waals surface area contributed by atoms with Crippen molar-refractivity contribution in [2.24, 2.45) is 5.92 Å². The Bertz CT molecular complexity index is 923. The molecule has 1 heterocycles. The first-order valence-corrected chi connectivity index (χ1v) is 9.04. The van der Waals surface area contributed by atoms with Crippen LogP contribution in [0.15, 0.2) is 36.4 Å². The van der Waals surface area contributed by atoms with Gasteiger partial charge in [0.05, 0.1) is 38.4 Å². The molecule has 1 atom stereocenters. The van der Waals surface area contributed by atoms with Crippen LogP contribution >= 0.6 is 0 Å². The molecule has 148 valence electrons. The number of aromatic amines is 1. The molecule has 1 amide bonds. The lowest BCUT2D eigenvalue weighted by Crippen LogP contribution is -2.32. The normalized spacial score (nSPS) is 12.1. The minimum absolute atomic E-state index is 0.131. The number of rotatable bonds is 7. The summed E-state index contributed by atoms with van der Waals surface area (Å²) in [5, 5.41) is 3.07. The molecule has 0 unspecified atom stereocenters. The maximum absolute atomic E-state index is 13.0. The van der Waals surface area contributed by atoms with Gasteiger partial charge in [0.2, 0.25) is 5.75 Å². The molecule has 0 spiro atoms. The molecule has 3 rings (SSSR count). The molecule has 0 saturated carbocycles. The van der Waals surface area contributed by atoms with Gasteiger partial charge in [-0.2, -0.15) is 0 Å². The molecule has 1 aromatic heterocycles. The molecule has 0 aliphatic heterocycles. The topological polar surface area (TPSA) is 85.5 Å². The summed E-state index contributed by atoms with van der Waals surface area (Å²) in [5.41, 5.74) is 2.21. The Labute approximate surface area is 164 Å². The number of amides is 1. The van der Waals surface area contributed by atoms with Gasteiger partial charge in [-0.3, -0.25) is 4.79 Å². The van der Waals surface area contributed by atoms with Crippen LogP contribution in [0.3, 0.4) is 0 Å². The molecule has 7 heteroatoms. The zero-order valence-electron chi connectivity index (χ0n) is 16.7. The zero-order valence-corrected chi connectivity index (χ0v) is 16.7. The van der Waals surface area contributed by atoms with E-state index >= 15 is 0 Å². The second-order valence-corrected chi connectivity index (χ2v) is 6.75. The highest BCUT2D eigenvalue weighted by Crippen LogP contribution is 2.38. The van der Waals surface area contributed by atoms with E-state index in [2.05, 4.69) is 15.3 Å². The smallest absolute Gasteiger partial charge is 0.252 e. The summed E-state index contributed by atoms with van der Waals surface area (Å²) >= 11 is 0. The predicted octanol–water partition coefficient (Wildman–Crippen LogP) is 3.72. The first-order valence-electron chi connectivity index (χ1n) is 9.04. The van der Waals surface area contributed by atoms with Crippen LogP contribution in [0.2, 0.25) is 0 Å². The second kappa shape index (κ2) is 8.21. The van der Waals surface area contributed by atoms with Crippen molar-refractivity contribution < 1.29 is 19.0 Å². The van der Waals surface area contributed by atoms with Gasteiger partial charge in [0.25, 0.3) is 5.91 Å². The summed E-state index contributed by atoms with van der Waals surface area (Å²) in [6, 6.07) is 10.8. The first-order chi connectivity index (χ1) is 13.5. The number of methoxy groups -OCH3 is 3. The third-order valence-corrected chi connectivity index (χ3v) is 4.58. The fraction of sp³-hybridized carbons (Fsp3) is 0.333. The van der Waals surface area contributed by atoms with Crippen molar-refractivity contribution in [3.8, 4) is 17.2 Å². The molecule has 0 fully saturated rings. The van der Waals surface area contributed by atoms with E-state index in [9.17, 15) is 4.79 Å². The van der Waals surface area contributed by atoms with Gasteiger partial charge in [0.1, 0.15) is 5.82 Å². The number of carbonyl (C=O) groups is 1. The summed E-state index contributed by atoms with van der Waals surface area (Å²) in [5.74, 6) is 1.90. The van der Waals surface area contributed by atoms with Crippen molar-refractivity contribution in [2.45, 2.75) is 19.9 Å². The van der Waals surface area contributed by atoms with Crippen molar-refractivity contribution in [1.82, 2.24) is 15.3 Å². The fourth-order valence-electron chi connectivity index (χ4n) is 3.11. The number of nitrogens with zero attached hydrogens (tertiary/aromatic N) is 1. The molecular formula is C21H25N3O4. The third-order valence-electron chi connectivity index (χ3n) is 4.58. The quantitative estimate of drug-likeness (QED) is 0.650. The number of fused-ring (bicyclic) bond motifs is 1. The van der Waals surface area contributed by atoms with Gasteiger partial charge in [-0.25, -0.2) is 4.98 Å². The average Bonchev–Trinajstić information content (AvgIpc) is 3.13. The number of nitrogens with one attached hydrogen (secondary N) is 2. The maximum Gasteiger partial charge on any atom is 0.252 e. The molecule has 0 saturated heterocycles. The van der Waals surface area contributed by atoms with Crippen LogP contribution in [0.4, 0.5) is 0 Å². The Morgan fingerprint density at radius 2 is 1.68 bits per heavy atom. The van der Waals surface area contributed by atoms with Crippen LogP contribution in [-0.2, 0) is 0 Å². The van der Waals surface area contributed by atoms with Crippen molar-refractivity contribution in [3.63, 3.8) is 0 Å². The number of hydrogen-bond donors (Lipinski definition) is 2. The van der Waals surface area contributed by atoms with Gasteiger partial charge >= 0.3 is 0 Å². The van der Waals surface area contributed by atoms with Crippen LogP contribution in [-0.4, -0.2) is 37.2 Å². The number of H-pyrrole nitrogens is 1. The largest absolute Gasteiger partial charge is 0.493 e. The number of hydrogen-bond acceptors (Lipinski definition) is 5. The molecule has 0 aliphatic rings. The number of benzene rings is 2. The van der Waals surface area contributed by atoms with E-state index in [0.717, 1.165) is 16.9 Å². The van der Waals surface area contributed by atoms with Crippen LogP contribution in [0, 0.1) is 5.92 Å². The molecule has 0 aliphatic carbocycles. The van der Waals surface area contributed by atoms with E-state index in [0.29, 0.717) is 22.8 Å². The van der Waals surface area contributed by atoms with Gasteiger partial charge in [0.15, 0.2) is 11.5 Å². The molecule has 0 radical (unpaired) electrons. The van der Waals surface area contributed by atoms with E-state index in [-0.39, 0.29) is 17.9 Å². The summed E-state index contributed by atoms with van der Waals surface area (Å²) in [6.45, 7) is 4.07. The highest BCUT2D eigenvalue weighted by molar-refractivity contribution is 5.96. The van der Waals surface area contributed by atoms with E-state index < -0.39 is 0 Å². The van der Waals surface area contributed by atoms with Gasteiger partial charge in [0, 0.05) is 5.56 Å². The Morgan fingerprint density at radius 1 is 1.04 bits per heavy atom. The molecule has 0 bridgehead atoms. The number of aromatic nitrogens is 2. The van der Waals surface area contributed by atoms with Gasteiger partial charge in [-0.05, 0) is 30.2 Å². The van der Waals surface area contributed by atoms with Crippen molar-refractivity contribution >= 4 is 16.9 Å². The standard InChI is InChI=1S/C21H25N3O4/c1-12(2)18(20-22-14-8-6-7-9-15(14)23-20)24-21(25)13-10-16(26-3)19(28-5)17(11-13)27-4/h6-12,18H,1-5H3,(H,22,23)(H,24,25)/t18-/m1/s1. The lowest BCUT2D eigenvalue weighted by atomic mass is 10.0. The monoisotopic (exact) mass is 383 g/mol. The van der Waals surface area contributed by atoms with E-state index in [4.69, 9.17) is 14.2 Å². The van der Waals surface area contributed by atoms with Crippen LogP contribution in [0.25, 0.3) is 11.0 Å². The number of para-hydroxylation sites is 2. The number of imidazole rings is 1. The fourth-order valence-corrected chi connectivity index (χ4v) is 3.11. The van der Waals surface area contributed by atoms with E-state index in [1.165, 1.54) is 21.3 Å². The zero-order chi connectivity index (χ0) is 20.3. The molecule has 3 aromatic rings. The summed E-state index contributed by atoms with van der Waals surface area (Å²) < 4.78 is 16.0. The highest BCUT2D eigenvalue weighted by Gasteiger charge is 2.24. The van der Waals surface area contributed by atoms with Crippen molar-refractivity contribution in [1.29, 1.82) is 0 Å². The first kappa shape index (κ1) is 19.5. The van der Waals surface area contributed by atoms with E-state index in [1.54, 1.807) is 12.1 Å². The Balaban J connectivity index is 1.92. The molecule has 2 aromatic carbocycles. The Hall–Kier alpha value is -3.22. The molecule has 7 nitrogen and oxygen atoms in total. The SMILES string of the molecule is COc1cc(C(=O)N[C@@H](c2nc3ccccc3[nH]2)C(C)C)cc(OC)c1OC. The lowest BCUT2D eigenvalue weighted by Gasteiger charge is -2.21. The van der Waals surface area contributed by atoms with Crippen LogP contribution in [0.5, 0.6) is 17.2 Å². The summed E-state index contributed by atoms with van der Waals surface area (Å²) in [6.07, 6.45) is 0. The number of ether oxygens (including phenoxy) is 3. The third kappa shape index (κ3) is 3.74. The van der Waals surface area contributed by atoms with Crippen molar-refractivity contribution in [3.05, 3.63) is 47.8 Å².